The molecular formula is C12H19N3O. The van der Waals surface area contributed by atoms with Crippen LogP contribution in [0.25, 0.3) is 0 Å². The smallest absolute Gasteiger partial charge is 0.318 e. The number of amides is 2. The summed E-state index contributed by atoms with van der Waals surface area (Å²) in [5.41, 5.74) is 0. The minimum absolute atomic E-state index is 0.0295. The van der Waals surface area contributed by atoms with Crippen molar-refractivity contribution in [3.8, 4) is 6.07 Å². The highest BCUT2D eigenvalue weighted by molar-refractivity contribution is 5.75. The fraction of sp³-hybridized carbons (Fsp3) is 0.833. The number of carbonyl (C=O) groups is 1. The van der Waals surface area contributed by atoms with Crippen LogP contribution in [-0.4, -0.2) is 29.6 Å². The number of likely N-dealkylation sites (tertiary alicyclic amines) is 1. The van der Waals surface area contributed by atoms with Gasteiger partial charge in [0.1, 0.15) is 6.04 Å². The van der Waals surface area contributed by atoms with Gasteiger partial charge in [-0.2, -0.15) is 5.26 Å². The van der Waals surface area contributed by atoms with Crippen LogP contribution in [0.15, 0.2) is 0 Å². The van der Waals surface area contributed by atoms with Gasteiger partial charge in [-0.05, 0) is 32.1 Å². The van der Waals surface area contributed by atoms with E-state index in [1.54, 1.807) is 4.90 Å². The van der Waals surface area contributed by atoms with Gasteiger partial charge in [0.15, 0.2) is 0 Å². The highest BCUT2D eigenvalue weighted by atomic mass is 16.2. The van der Waals surface area contributed by atoms with Crippen LogP contribution in [0.2, 0.25) is 0 Å². The van der Waals surface area contributed by atoms with Crippen molar-refractivity contribution >= 4 is 6.03 Å². The van der Waals surface area contributed by atoms with Crippen LogP contribution >= 0.6 is 0 Å². The van der Waals surface area contributed by atoms with Crippen molar-refractivity contribution in [2.24, 2.45) is 0 Å². The van der Waals surface area contributed by atoms with Crippen molar-refractivity contribution in [2.75, 3.05) is 6.54 Å². The maximum atomic E-state index is 12.0. The summed E-state index contributed by atoms with van der Waals surface area (Å²) in [6.07, 6.45) is 7.53. The lowest BCUT2D eigenvalue weighted by Gasteiger charge is -2.32. The topological polar surface area (TPSA) is 56.1 Å². The summed E-state index contributed by atoms with van der Waals surface area (Å²) >= 11 is 0. The minimum atomic E-state index is -0.213. The SMILES string of the molecule is N#CC1CCCCN1C(=O)NC1CCCC1. The summed E-state index contributed by atoms with van der Waals surface area (Å²) in [4.78, 5) is 13.7. The first-order valence-corrected chi connectivity index (χ1v) is 6.28. The number of nitrogens with zero attached hydrogens (tertiary/aromatic N) is 2. The van der Waals surface area contributed by atoms with E-state index in [4.69, 9.17) is 5.26 Å². The molecule has 0 aromatic rings. The lowest BCUT2D eigenvalue weighted by molar-refractivity contribution is 0.166. The molecule has 1 atom stereocenters. The second kappa shape index (κ2) is 5.20. The molecule has 2 amide bonds. The number of rotatable bonds is 1. The van der Waals surface area contributed by atoms with Crippen molar-refractivity contribution in [1.82, 2.24) is 10.2 Å². The molecule has 1 aliphatic carbocycles. The first-order chi connectivity index (χ1) is 7.81. The van der Waals surface area contributed by atoms with Crippen molar-refractivity contribution in [1.29, 1.82) is 5.26 Å². The van der Waals surface area contributed by atoms with Crippen LogP contribution < -0.4 is 5.32 Å². The zero-order valence-electron chi connectivity index (χ0n) is 9.61. The lowest BCUT2D eigenvalue weighted by Crippen LogP contribution is -2.50. The first kappa shape index (κ1) is 11.3. The van der Waals surface area contributed by atoms with E-state index < -0.39 is 0 Å². The Labute approximate surface area is 96.6 Å². The average Bonchev–Trinajstić information content (AvgIpc) is 2.81. The Bertz CT molecular complexity index is 291. The number of piperidine rings is 1. The minimum Gasteiger partial charge on any atom is -0.335 e. The molecule has 2 fully saturated rings. The number of nitrogens with one attached hydrogen (secondary N) is 1. The summed E-state index contributed by atoms with van der Waals surface area (Å²) < 4.78 is 0. The molecule has 88 valence electrons. The predicted molar refractivity (Wildman–Crippen MR) is 60.7 cm³/mol. The standard InChI is InChI=1S/C12H19N3O/c13-9-11-7-3-4-8-15(11)12(16)14-10-5-1-2-6-10/h10-11H,1-8H2,(H,14,16). The zero-order valence-corrected chi connectivity index (χ0v) is 9.61. The highest BCUT2D eigenvalue weighted by Gasteiger charge is 2.28. The molecule has 1 unspecified atom stereocenters. The van der Waals surface area contributed by atoms with Crippen LogP contribution in [0.1, 0.15) is 44.9 Å². The van der Waals surface area contributed by atoms with Gasteiger partial charge in [0.2, 0.25) is 0 Å². The van der Waals surface area contributed by atoms with Crippen LogP contribution in [0, 0.1) is 11.3 Å². The van der Waals surface area contributed by atoms with Gasteiger partial charge in [0, 0.05) is 12.6 Å². The molecule has 1 heterocycles. The summed E-state index contributed by atoms with van der Waals surface area (Å²) in [5.74, 6) is 0. The number of urea groups is 1. The number of hydrogen-bond donors (Lipinski definition) is 1. The molecule has 4 heteroatoms. The molecular weight excluding hydrogens is 202 g/mol. The number of hydrogen-bond acceptors (Lipinski definition) is 2. The highest BCUT2D eigenvalue weighted by Crippen LogP contribution is 2.20. The zero-order chi connectivity index (χ0) is 11.4. The normalized spacial score (nSPS) is 26.4. The molecule has 1 N–H and O–H groups in total. The monoisotopic (exact) mass is 221 g/mol. The Balaban J connectivity index is 1.89. The van der Waals surface area contributed by atoms with E-state index in [0.717, 1.165) is 38.6 Å². The van der Waals surface area contributed by atoms with Crippen molar-refractivity contribution < 1.29 is 4.79 Å². The molecule has 2 aliphatic rings. The first-order valence-electron chi connectivity index (χ1n) is 6.28. The quantitative estimate of drug-likeness (QED) is 0.736. The molecule has 0 aromatic carbocycles. The number of nitriles is 1. The molecule has 1 saturated heterocycles. The van der Waals surface area contributed by atoms with E-state index in [2.05, 4.69) is 11.4 Å². The maximum absolute atomic E-state index is 12.0. The Morgan fingerprint density at radius 3 is 2.56 bits per heavy atom. The van der Waals surface area contributed by atoms with Gasteiger partial charge in [-0.15, -0.1) is 0 Å². The predicted octanol–water partition coefficient (Wildman–Crippen LogP) is 2.02. The number of carbonyl (C=O) groups excluding carboxylic acids is 1. The molecule has 0 bridgehead atoms. The molecule has 1 saturated carbocycles. The molecule has 4 nitrogen and oxygen atoms in total. The second-order valence-electron chi connectivity index (χ2n) is 4.76. The molecule has 0 radical (unpaired) electrons. The summed E-state index contributed by atoms with van der Waals surface area (Å²) in [6, 6.07) is 2.32. The van der Waals surface area contributed by atoms with E-state index >= 15 is 0 Å². The Morgan fingerprint density at radius 2 is 1.88 bits per heavy atom. The van der Waals surface area contributed by atoms with Crippen LogP contribution in [0.4, 0.5) is 4.79 Å². The Morgan fingerprint density at radius 1 is 1.19 bits per heavy atom. The van der Waals surface area contributed by atoms with Crippen LogP contribution in [-0.2, 0) is 0 Å². The van der Waals surface area contributed by atoms with Gasteiger partial charge in [-0.1, -0.05) is 12.8 Å². The van der Waals surface area contributed by atoms with Gasteiger partial charge < -0.3 is 10.2 Å². The van der Waals surface area contributed by atoms with Crippen molar-refractivity contribution in [2.45, 2.75) is 57.0 Å². The lowest BCUT2D eigenvalue weighted by atomic mass is 10.0. The van der Waals surface area contributed by atoms with Crippen molar-refractivity contribution in [3.05, 3.63) is 0 Å². The fourth-order valence-electron chi connectivity index (χ4n) is 2.64. The maximum Gasteiger partial charge on any atom is 0.318 e. The summed E-state index contributed by atoms with van der Waals surface area (Å²) in [5, 5.41) is 12.0. The molecule has 16 heavy (non-hydrogen) atoms. The molecule has 2 rings (SSSR count). The van der Waals surface area contributed by atoms with Gasteiger partial charge in [-0.25, -0.2) is 4.79 Å². The average molecular weight is 221 g/mol. The van der Waals surface area contributed by atoms with Crippen molar-refractivity contribution in [3.63, 3.8) is 0 Å². The fourth-order valence-corrected chi connectivity index (χ4v) is 2.64. The molecule has 0 aromatic heterocycles. The van der Waals surface area contributed by atoms with Crippen LogP contribution in [0.5, 0.6) is 0 Å². The third-order valence-electron chi connectivity index (χ3n) is 3.60. The van der Waals surface area contributed by atoms with E-state index in [1.807, 2.05) is 0 Å². The Hall–Kier alpha value is -1.24. The summed E-state index contributed by atoms with van der Waals surface area (Å²) in [7, 11) is 0. The van der Waals surface area contributed by atoms with E-state index in [-0.39, 0.29) is 12.1 Å². The largest absolute Gasteiger partial charge is 0.335 e. The van der Waals surface area contributed by atoms with Gasteiger partial charge in [0.25, 0.3) is 0 Å². The third kappa shape index (κ3) is 2.46. The van der Waals surface area contributed by atoms with E-state index in [0.29, 0.717) is 6.04 Å². The molecule has 0 spiro atoms. The van der Waals surface area contributed by atoms with E-state index in [1.165, 1.54) is 12.8 Å². The third-order valence-corrected chi connectivity index (χ3v) is 3.60. The summed E-state index contributed by atoms with van der Waals surface area (Å²) in [6.45, 7) is 0.733. The van der Waals surface area contributed by atoms with E-state index in [9.17, 15) is 4.79 Å². The van der Waals surface area contributed by atoms with Gasteiger partial charge >= 0.3 is 6.03 Å². The van der Waals surface area contributed by atoms with Crippen LogP contribution in [0.3, 0.4) is 0 Å². The van der Waals surface area contributed by atoms with Gasteiger partial charge in [0.05, 0.1) is 6.07 Å². The second-order valence-corrected chi connectivity index (χ2v) is 4.76. The Kier molecular flexibility index (Phi) is 3.66. The molecule has 1 aliphatic heterocycles. The van der Waals surface area contributed by atoms with Gasteiger partial charge in [-0.3, -0.25) is 0 Å².